The number of fused-ring (bicyclic) bond motifs is 6. The quantitative estimate of drug-likeness (QED) is 0.591. The third-order valence-electron chi connectivity index (χ3n) is 6.56. The van der Waals surface area contributed by atoms with Gasteiger partial charge in [-0.2, -0.15) is 0 Å². The first-order chi connectivity index (χ1) is 11.7. The van der Waals surface area contributed by atoms with E-state index < -0.39 is 0 Å². The number of amides is 2. The van der Waals surface area contributed by atoms with Crippen molar-refractivity contribution in [3.05, 3.63) is 52.6 Å². The lowest BCUT2D eigenvalue weighted by Gasteiger charge is -2.46. The third-order valence-corrected chi connectivity index (χ3v) is 6.56. The molecule has 24 heavy (non-hydrogen) atoms. The van der Waals surface area contributed by atoms with Crippen LogP contribution in [0.3, 0.4) is 0 Å². The van der Waals surface area contributed by atoms with Crippen molar-refractivity contribution in [1.29, 1.82) is 0 Å². The number of nitrogens with one attached hydrogen (secondary N) is 1. The number of rotatable bonds is 0. The van der Waals surface area contributed by atoms with Crippen molar-refractivity contribution >= 4 is 17.5 Å². The zero-order valence-electron chi connectivity index (χ0n) is 13.3. The second-order valence-corrected chi connectivity index (χ2v) is 7.74. The minimum absolute atomic E-state index is 0.210. The average Bonchev–Trinajstić information content (AvgIpc) is 3.27. The molecule has 4 atom stereocenters. The molecule has 2 aliphatic carbocycles. The second-order valence-electron chi connectivity index (χ2n) is 7.74. The van der Waals surface area contributed by atoms with Crippen molar-refractivity contribution in [2.24, 2.45) is 11.8 Å². The molecule has 1 aromatic carbocycles. The minimum Gasteiger partial charge on any atom is -0.370 e. The molecule has 1 aromatic rings. The van der Waals surface area contributed by atoms with E-state index in [2.05, 4.69) is 34.5 Å². The lowest BCUT2D eigenvalue weighted by Crippen LogP contribution is -2.44. The van der Waals surface area contributed by atoms with Gasteiger partial charge in [-0.15, -0.1) is 0 Å². The van der Waals surface area contributed by atoms with Crippen LogP contribution in [-0.2, 0) is 0 Å². The van der Waals surface area contributed by atoms with E-state index in [1.54, 1.807) is 0 Å². The van der Waals surface area contributed by atoms with Crippen molar-refractivity contribution < 1.29 is 9.59 Å². The Balaban J connectivity index is 1.70. The summed E-state index contributed by atoms with van der Waals surface area (Å²) in [5.41, 5.74) is 4.87. The number of benzene rings is 1. The molecule has 0 bridgehead atoms. The highest BCUT2D eigenvalue weighted by Gasteiger charge is 2.46. The fourth-order valence-electron chi connectivity index (χ4n) is 5.60. The van der Waals surface area contributed by atoms with Gasteiger partial charge in [-0.25, -0.2) is 0 Å². The number of hydrogen-bond acceptors (Lipinski definition) is 3. The summed E-state index contributed by atoms with van der Waals surface area (Å²) < 4.78 is 0. The van der Waals surface area contributed by atoms with E-state index in [1.807, 2.05) is 6.07 Å². The fourth-order valence-corrected chi connectivity index (χ4v) is 5.60. The van der Waals surface area contributed by atoms with E-state index in [0.29, 0.717) is 28.9 Å². The highest BCUT2D eigenvalue weighted by Crippen LogP contribution is 2.54. The number of allylic oxidation sites excluding steroid dienone is 4. The van der Waals surface area contributed by atoms with Crippen LogP contribution in [0, 0.1) is 11.8 Å². The average molecular weight is 318 g/mol. The first kappa shape index (κ1) is 13.0. The second kappa shape index (κ2) is 4.18. The van der Waals surface area contributed by atoms with Crippen molar-refractivity contribution in [2.75, 3.05) is 18.0 Å². The van der Waals surface area contributed by atoms with Crippen LogP contribution in [0.15, 0.2) is 30.4 Å². The molecule has 5 aliphatic rings. The number of carbonyl (C=O) groups is 2. The summed E-state index contributed by atoms with van der Waals surface area (Å²) in [6.45, 7) is 2.13. The van der Waals surface area contributed by atoms with Gasteiger partial charge in [0.2, 0.25) is 0 Å². The van der Waals surface area contributed by atoms with Crippen molar-refractivity contribution in [3.8, 4) is 0 Å². The van der Waals surface area contributed by atoms with Gasteiger partial charge in [0.05, 0.1) is 11.1 Å². The molecule has 4 heteroatoms. The summed E-state index contributed by atoms with van der Waals surface area (Å²) in [4.78, 5) is 27.3. The number of anilines is 1. The van der Waals surface area contributed by atoms with Gasteiger partial charge in [-0.05, 0) is 41.9 Å². The van der Waals surface area contributed by atoms with Gasteiger partial charge in [-0.3, -0.25) is 14.9 Å². The van der Waals surface area contributed by atoms with Crippen LogP contribution in [0.4, 0.5) is 5.69 Å². The zero-order valence-corrected chi connectivity index (χ0v) is 13.3. The fraction of sp³-hybridized carbons (Fsp3) is 0.400. The van der Waals surface area contributed by atoms with Gasteiger partial charge in [0.15, 0.2) is 0 Å². The number of carbonyl (C=O) groups excluding carboxylic acids is 2. The van der Waals surface area contributed by atoms with Crippen LogP contribution in [0.2, 0.25) is 0 Å². The molecule has 120 valence electrons. The Morgan fingerprint density at radius 1 is 0.958 bits per heavy atom. The number of hydrogen-bond donors (Lipinski definition) is 1. The largest absolute Gasteiger partial charge is 0.370 e. The van der Waals surface area contributed by atoms with Crippen LogP contribution in [0.1, 0.15) is 56.5 Å². The first-order valence-electron chi connectivity index (χ1n) is 8.87. The molecule has 0 saturated carbocycles. The Morgan fingerprint density at radius 2 is 1.67 bits per heavy atom. The van der Waals surface area contributed by atoms with Crippen LogP contribution >= 0.6 is 0 Å². The molecule has 4 unspecified atom stereocenters. The standard InChI is InChI=1S/C20H18N2O2/c23-19-15-7-14-12-5-1-3-10(12)8-22-9-11-4-2-6-13(11)16(18(14)22)17(15)20(24)21-19/h1-2,5-7,10-13H,3-4,8-9H2,(H,21,23,24). The topological polar surface area (TPSA) is 49.4 Å². The Bertz CT molecular complexity index is 880. The van der Waals surface area contributed by atoms with Gasteiger partial charge in [0, 0.05) is 30.6 Å². The molecule has 3 aliphatic heterocycles. The minimum atomic E-state index is -0.228. The predicted molar refractivity (Wildman–Crippen MR) is 90.4 cm³/mol. The zero-order chi connectivity index (χ0) is 16.0. The van der Waals surface area contributed by atoms with Crippen LogP contribution < -0.4 is 10.2 Å². The lowest BCUT2D eigenvalue weighted by atomic mass is 9.73. The molecule has 0 saturated heterocycles. The van der Waals surface area contributed by atoms with Gasteiger partial charge >= 0.3 is 0 Å². The molecule has 6 rings (SSSR count). The first-order valence-corrected chi connectivity index (χ1v) is 8.87. The van der Waals surface area contributed by atoms with Gasteiger partial charge in [-0.1, -0.05) is 24.3 Å². The molecule has 0 radical (unpaired) electrons. The molecule has 0 aromatic heterocycles. The maximum atomic E-state index is 12.5. The lowest BCUT2D eigenvalue weighted by molar-refractivity contribution is 0.0879. The Morgan fingerprint density at radius 3 is 2.46 bits per heavy atom. The summed E-state index contributed by atoms with van der Waals surface area (Å²) in [7, 11) is 0. The van der Waals surface area contributed by atoms with E-state index in [1.165, 1.54) is 11.3 Å². The van der Waals surface area contributed by atoms with E-state index >= 15 is 0 Å². The Kier molecular flexibility index (Phi) is 2.26. The Hall–Kier alpha value is -2.36. The van der Waals surface area contributed by atoms with Gasteiger partial charge in [0.1, 0.15) is 0 Å². The summed E-state index contributed by atoms with van der Waals surface area (Å²) >= 11 is 0. The molecule has 3 heterocycles. The summed E-state index contributed by atoms with van der Waals surface area (Å²) in [6, 6.07) is 2.01. The molecule has 1 N–H and O–H groups in total. The summed E-state index contributed by atoms with van der Waals surface area (Å²) in [5.74, 6) is 1.38. The monoisotopic (exact) mass is 318 g/mol. The number of nitrogens with zero attached hydrogens (tertiary/aromatic N) is 1. The highest BCUT2D eigenvalue weighted by molar-refractivity contribution is 6.23. The molecular formula is C20H18N2O2. The Labute approximate surface area is 140 Å². The van der Waals surface area contributed by atoms with E-state index in [9.17, 15) is 9.59 Å². The van der Waals surface area contributed by atoms with E-state index in [-0.39, 0.29) is 17.7 Å². The molecule has 0 spiro atoms. The van der Waals surface area contributed by atoms with Crippen LogP contribution in [-0.4, -0.2) is 24.9 Å². The summed E-state index contributed by atoms with van der Waals surface area (Å²) in [6.07, 6.45) is 11.3. The van der Waals surface area contributed by atoms with E-state index in [0.717, 1.165) is 31.5 Å². The van der Waals surface area contributed by atoms with Crippen LogP contribution in [0.25, 0.3) is 0 Å². The normalized spacial score (nSPS) is 34.1. The van der Waals surface area contributed by atoms with Crippen molar-refractivity contribution in [3.63, 3.8) is 0 Å². The smallest absolute Gasteiger partial charge is 0.259 e. The maximum absolute atomic E-state index is 12.5. The van der Waals surface area contributed by atoms with E-state index in [4.69, 9.17) is 0 Å². The van der Waals surface area contributed by atoms with Crippen LogP contribution in [0.5, 0.6) is 0 Å². The van der Waals surface area contributed by atoms with Crippen molar-refractivity contribution in [1.82, 2.24) is 5.32 Å². The molecule has 2 amide bonds. The predicted octanol–water partition coefficient (Wildman–Crippen LogP) is 2.72. The number of imide groups is 1. The summed E-state index contributed by atoms with van der Waals surface area (Å²) in [5, 5.41) is 2.52. The molecule has 4 nitrogen and oxygen atoms in total. The SMILES string of the molecule is O=C1NC(=O)c2c1cc1c3c2C2C=CCC2CN3CC2CC=CC12. The highest BCUT2D eigenvalue weighted by atomic mass is 16.2. The molecule has 0 fully saturated rings. The maximum Gasteiger partial charge on any atom is 0.259 e. The molecular weight excluding hydrogens is 300 g/mol. The van der Waals surface area contributed by atoms with Gasteiger partial charge in [0.25, 0.3) is 11.8 Å². The van der Waals surface area contributed by atoms with Crippen molar-refractivity contribution in [2.45, 2.75) is 24.7 Å². The third kappa shape index (κ3) is 1.41. The van der Waals surface area contributed by atoms with Gasteiger partial charge < -0.3 is 4.90 Å².